The van der Waals surface area contributed by atoms with Crippen molar-refractivity contribution in [2.75, 3.05) is 22.7 Å². The van der Waals surface area contributed by atoms with Gasteiger partial charge in [0.2, 0.25) is 0 Å². The van der Waals surface area contributed by atoms with Gasteiger partial charge in [-0.05, 0) is 55.2 Å². The summed E-state index contributed by atoms with van der Waals surface area (Å²) >= 11 is 6.86. The molecule has 3 aromatic rings. The van der Waals surface area contributed by atoms with Crippen LogP contribution >= 0.6 is 22.9 Å². The molecule has 0 atom stereocenters. The molecule has 152 valence electrons. The first kappa shape index (κ1) is 20.1. The monoisotopic (exact) mass is 448 g/mol. The van der Waals surface area contributed by atoms with Crippen LogP contribution in [0.4, 0.5) is 11.5 Å². The maximum atomic E-state index is 12.4. The summed E-state index contributed by atoms with van der Waals surface area (Å²) in [6.07, 6.45) is 2.36. The van der Waals surface area contributed by atoms with Gasteiger partial charge in [0, 0.05) is 24.3 Å². The van der Waals surface area contributed by atoms with Gasteiger partial charge in [-0.25, -0.2) is 8.42 Å². The first-order valence-corrected chi connectivity index (χ1v) is 12.1. The maximum absolute atomic E-state index is 12.4. The van der Waals surface area contributed by atoms with Crippen LogP contribution in [0.3, 0.4) is 0 Å². The number of benzene rings is 1. The number of nitrogens with zero attached hydrogens (tertiary/aromatic N) is 3. The summed E-state index contributed by atoms with van der Waals surface area (Å²) in [5, 5.41) is 8.74. The first-order valence-electron chi connectivity index (χ1n) is 9.38. The Morgan fingerprint density at radius 2 is 1.76 bits per heavy atom. The number of nitrogens with one attached hydrogen (secondary N) is 1. The van der Waals surface area contributed by atoms with Gasteiger partial charge in [-0.15, -0.1) is 21.5 Å². The van der Waals surface area contributed by atoms with Gasteiger partial charge in [-0.2, -0.15) is 0 Å². The number of hydrogen-bond donors (Lipinski definition) is 1. The van der Waals surface area contributed by atoms with Gasteiger partial charge in [-0.3, -0.25) is 4.72 Å². The van der Waals surface area contributed by atoms with Crippen LogP contribution in [0.15, 0.2) is 52.7 Å². The van der Waals surface area contributed by atoms with Crippen molar-refractivity contribution in [3.05, 3.63) is 52.9 Å². The number of anilines is 2. The van der Waals surface area contributed by atoms with Crippen molar-refractivity contribution < 1.29 is 8.42 Å². The largest absolute Gasteiger partial charge is 0.355 e. The Kier molecular flexibility index (Phi) is 5.76. The van der Waals surface area contributed by atoms with Gasteiger partial charge in [0.25, 0.3) is 10.0 Å². The topological polar surface area (TPSA) is 75.2 Å². The highest BCUT2D eigenvalue weighted by atomic mass is 35.5. The van der Waals surface area contributed by atoms with E-state index in [4.69, 9.17) is 11.6 Å². The van der Waals surface area contributed by atoms with E-state index in [1.165, 1.54) is 18.9 Å². The third kappa shape index (κ3) is 4.71. The van der Waals surface area contributed by atoms with Crippen molar-refractivity contribution in [1.29, 1.82) is 0 Å². The molecule has 0 amide bonds. The highest BCUT2D eigenvalue weighted by Crippen LogP contribution is 2.28. The van der Waals surface area contributed by atoms with Crippen molar-refractivity contribution >= 4 is 44.5 Å². The molecule has 0 spiro atoms. The summed E-state index contributed by atoms with van der Waals surface area (Å²) in [5.41, 5.74) is 2.10. The molecule has 3 heterocycles. The predicted octanol–water partition coefficient (Wildman–Crippen LogP) is 4.90. The number of hydrogen-bond acceptors (Lipinski definition) is 6. The van der Waals surface area contributed by atoms with Crippen LogP contribution in [0.1, 0.15) is 19.8 Å². The summed E-state index contributed by atoms with van der Waals surface area (Å²) < 4.78 is 28.0. The molecule has 1 aliphatic heterocycles. The van der Waals surface area contributed by atoms with Crippen LogP contribution in [0.5, 0.6) is 0 Å². The molecular weight excluding hydrogens is 428 g/mol. The van der Waals surface area contributed by atoms with Crippen molar-refractivity contribution in [1.82, 2.24) is 10.2 Å². The van der Waals surface area contributed by atoms with Gasteiger partial charge < -0.3 is 4.90 Å². The van der Waals surface area contributed by atoms with Crippen LogP contribution in [-0.4, -0.2) is 31.7 Å². The molecule has 4 rings (SSSR count). The predicted molar refractivity (Wildman–Crippen MR) is 118 cm³/mol. The molecule has 1 aliphatic rings. The molecule has 1 saturated heterocycles. The molecule has 9 heteroatoms. The van der Waals surface area contributed by atoms with Crippen molar-refractivity contribution in [2.45, 2.75) is 24.0 Å². The minimum Gasteiger partial charge on any atom is -0.355 e. The van der Waals surface area contributed by atoms with E-state index < -0.39 is 10.0 Å². The van der Waals surface area contributed by atoms with Crippen LogP contribution in [0, 0.1) is 5.92 Å². The van der Waals surface area contributed by atoms with E-state index in [9.17, 15) is 8.42 Å². The van der Waals surface area contributed by atoms with E-state index >= 15 is 0 Å². The molecule has 1 N–H and O–H groups in total. The SMILES string of the molecule is CC1CCN(c2ccc(-c3ccc(NS(=O)(=O)c4ccc(Cl)s4)cc3)nn2)CC1. The Morgan fingerprint density at radius 3 is 2.34 bits per heavy atom. The third-order valence-electron chi connectivity index (χ3n) is 5.00. The Labute approximate surface area is 179 Å². The molecule has 0 radical (unpaired) electrons. The van der Waals surface area contributed by atoms with E-state index in [-0.39, 0.29) is 4.21 Å². The third-order valence-corrected chi connectivity index (χ3v) is 8.11. The lowest BCUT2D eigenvalue weighted by molar-refractivity contribution is 0.436. The summed E-state index contributed by atoms with van der Waals surface area (Å²) in [6.45, 7) is 4.31. The molecular formula is C20H21ClN4O2S2. The summed E-state index contributed by atoms with van der Waals surface area (Å²) in [6, 6.07) is 14.1. The number of aromatic nitrogens is 2. The first-order chi connectivity index (χ1) is 13.9. The van der Waals surface area contributed by atoms with Gasteiger partial charge >= 0.3 is 0 Å². The smallest absolute Gasteiger partial charge is 0.271 e. The average Bonchev–Trinajstić information content (AvgIpc) is 3.17. The number of thiophene rings is 1. The Hall–Kier alpha value is -2.16. The van der Waals surface area contributed by atoms with Gasteiger partial charge in [0.15, 0.2) is 5.82 Å². The average molecular weight is 449 g/mol. The van der Waals surface area contributed by atoms with E-state index in [0.29, 0.717) is 10.0 Å². The second-order valence-corrected chi connectivity index (χ2v) is 10.8. The lowest BCUT2D eigenvalue weighted by atomic mass is 9.99. The highest BCUT2D eigenvalue weighted by molar-refractivity contribution is 7.94. The number of halogens is 1. The zero-order valence-corrected chi connectivity index (χ0v) is 18.3. The number of sulfonamides is 1. The van der Waals surface area contributed by atoms with E-state index in [0.717, 1.165) is 47.4 Å². The maximum Gasteiger partial charge on any atom is 0.271 e. The zero-order chi connectivity index (χ0) is 20.4. The standard InChI is InChI=1S/C20H21ClN4O2S2/c1-14-10-12-25(13-11-14)19-8-6-17(22-23-19)15-2-4-16(5-3-15)24-29(26,27)20-9-7-18(21)28-20/h2-9,14,24H,10-13H2,1H3. The van der Waals surface area contributed by atoms with Gasteiger partial charge in [-0.1, -0.05) is 30.7 Å². The quantitative estimate of drug-likeness (QED) is 0.601. The molecule has 1 fully saturated rings. The van der Waals surface area contributed by atoms with Crippen LogP contribution < -0.4 is 9.62 Å². The summed E-state index contributed by atoms with van der Waals surface area (Å²) in [4.78, 5) is 2.27. The fourth-order valence-electron chi connectivity index (χ4n) is 3.24. The molecule has 0 aliphatic carbocycles. The zero-order valence-electron chi connectivity index (χ0n) is 15.9. The van der Waals surface area contributed by atoms with Gasteiger partial charge in [0.05, 0.1) is 10.0 Å². The molecule has 6 nitrogen and oxygen atoms in total. The molecule has 29 heavy (non-hydrogen) atoms. The van der Waals surface area contributed by atoms with Crippen LogP contribution in [-0.2, 0) is 10.0 Å². The molecule has 2 aromatic heterocycles. The van der Waals surface area contributed by atoms with E-state index in [2.05, 4.69) is 26.7 Å². The van der Waals surface area contributed by atoms with Crippen LogP contribution in [0.25, 0.3) is 11.3 Å². The fourth-order valence-corrected chi connectivity index (χ4v) is 5.78. The second kappa shape index (κ2) is 8.30. The fraction of sp³-hybridized carbons (Fsp3) is 0.300. The minimum atomic E-state index is -3.64. The minimum absolute atomic E-state index is 0.181. The lowest BCUT2D eigenvalue weighted by Crippen LogP contribution is -2.33. The molecule has 0 bridgehead atoms. The van der Waals surface area contributed by atoms with Crippen molar-refractivity contribution in [3.8, 4) is 11.3 Å². The molecule has 0 unspecified atom stereocenters. The summed E-state index contributed by atoms with van der Waals surface area (Å²) in [5.74, 6) is 1.67. The lowest BCUT2D eigenvalue weighted by Gasteiger charge is -2.30. The van der Waals surface area contributed by atoms with E-state index in [1.807, 2.05) is 24.3 Å². The van der Waals surface area contributed by atoms with E-state index in [1.54, 1.807) is 18.2 Å². The Morgan fingerprint density at radius 1 is 1.03 bits per heavy atom. The van der Waals surface area contributed by atoms with Crippen molar-refractivity contribution in [2.24, 2.45) is 5.92 Å². The normalized spacial score (nSPS) is 15.4. The molecule has 0 saturated carbocycles. The summed E-state index contributed by atoms with van der Waals surface area (Å²) in [7, 11) is -3.64. The molecule has 1 aromatic carbocycles. The number of rotatable bonds is 5. The highest BCUT2D eigenvalue weighted by Gasteiger charge is 2.18. The number of piperidine rings is 1. The second-order valence-electron chi connectivity index (χ2n) is 7.19. The Bertz CT molecular complexity index is 1070. The van der Waals surface area contributed by atoms with Gasteiger partial charge in [0.1, 0.15) is 4.21 Å². The van der Waals surface area contributed by atoms with Crippen molar-refractivity contribution in [3.63, 3.8) is 0 Å². The van der Waals surface area contributed by atoms with Crippen LogP contribution in [0.2, 0.25) is 4.34 Å². The Balaban J connectivity index is 1.45.